The molecule has 0 aromatic rings. The van der Waals surface area contributed by atoms with Crippen molar-refractivity contribution in [3.63, 3.8) is 0 Å². The van der Waals surface area contributed by atoms with Crippen LogP contribution in [-0.2, 0) is 0 Å². The van der Waals surface area contributed by atoms with Gasteiger partial charge >= 0.3 is 0 Å². The normalized spacial score (nSPS) is 13.2. The van der Waals surface area contributed by atoms with Gasteiger partial charge in [0.25, 0.3) is 0 Å². The number of nitrogens with one attached hydrogen (secondary N) is 16. The van der Waals surface area contributed by atoms with Gasteiger partial charge in [0.15, 0.2) is 0 Å². The van der Waals surface area contributed by atoms with E-state index in [-0.39, 0.29) is 95.3 Å². The third kappa shape index (κ3) is 166. The first-order valence-electron chi connectivity index (χ1n) is 27.5. The number of nitrogens with zero attached hydrogens (tertiary/aromatic N) is 2. The van der Waals surface area contributed by atoms with Crippen LogP contribution in [0.3, 0.4) is 0 Å². The molecule has 7 aliphatic rings. The van der Waals surface area contributed by atoms with Gasteiger partial charge in [-0.15, -0.1) is 0 Å². The summed E-state index contributed by atoms with van der Waals surface area (Å²) in [6, 6.07) is 0. The molecule has 0 saturated carbocycles. The highest BCUT2D eigenvalue weighted by Gasteiger charge is 2.09. The minimum atomic E-state index is 0. The second-order valence-corrected chi connectivity index (χ2v) is 22.7. The van der Waals surface area contributed by atoms with Gasteiger partial charge in [-0.3, -0.25) is 10.9 Å². The number of hydrogen-bond acceptors (Lipinski definition) is 18. The lowest BCUT2D eigenvalue weighted by Gasteiger charge is -2.28. The van der Waals surface area contributed by atoms with Crippen molar-refractivity contribution in [2.45, 2.75) is 254 Å². The van der Waals surface area contributed by atoms with E-state index in [1.165, 1.54) is 0 Å². The van der Waals surface area contributed by atoms with Crippen molar-refractivity contribution in [2.75, 3.05) is 6.54 Å². The van der Waals surface area contributed by atoms with E-state index in [0.29, 0.717) is 17.5 Å². The van der Waals surface area contributed by atoms with Gasteiger partial charge in [-0.05, 0) is 54.4 Å². The number of rotatable bonds is 0. The largest absolute Gasteiger partial charge is 0.352 e. The second-order valence-electron chi connectivity index (χ2n) is 22.7. The molecule has 18 heteroatoms. The van der Waals surface area contributed by atoms with Gasteiger partial charge in [-0.2, -0.15) is 5.53 Å². The molecule has 558 valence electrons. The molecule has 0 spiro atoms. The van der Waals surface area contributed by atoms with Crippen LogP contribution in [0, 0.1) is 41.4 Å². The fourth-order valence-corrected chi connectivity index (χ4v) is 3.47. The van der Waals surface area contributed by atoms with Crippen LogP contribution < -0.4 is 85.7 Å². The number of hydrogen-bond donors (Lipinski definition) is 16. The summed E-state index contributed by atoms with van der Waals surface area (Å²) in [5.74, 6) is 11.8. The van der Waals surface area contributed by atoms with Crippen molar-refractivity contribution in [3.8, 4) is 0 Å². The molecular weight excluding hydrogens is 1140 g/mol. The van der Waals surface area contributed by atoms with Gasteiger partial charge in [0.05, 0.1) is 48.2 Å². The van der Waals surface area contributed by atoms with E-state index in [1.807, 2.05) is 13.0 Å². The molecule has 0 bridgehead atoms. The van der Waals surface area contributed by atoms with E-state index in [0.717, 1.165) is 106 Å². The Morgan fingerprint density at radius 2 is 0.674 bits per heavy atom. The van der Waals surface area contributed by atoms with E-state index in [2.05, 4.69) is 320 Å². The maximum absolute atomic E-state index is 3.78. The average molecular weight is 1310 g/mol. The van der Waals surface area contributed by atoms with Crippen LogP contribution in [0.15, 0.2) is 183 Å². The van der Waals surface area contributed by atoms with Crippen molar-refractivity contribution in [3.05, 3.63) is 173 Å². The summed E-state index contributed by atoms with van der Waals surface area (Å²) in [6.07, 6.45) is 11.3. The van der Waals surface area contributed by atoms with Crippen LogP contribution in [0.5, 0.6) is 0 Å². The molecule has 0 aliphatic carbocycles. The van der Waals surface area contributed by atoms with E-state index < -0.39 is 0 Å². The molecule has 0 amide bonds. The number of aliphatic imine (C=N–C) groups is 2. The molecule has 0 aromatic heterocycles. The fourth-order valence-electron chi connectivity index (χ4n) is 3.47. The van der Waals surface area contributed by atoms with Crippen LogP contribution in [-0.4, -0.2) is 25.4 Å². The van der Waals surface area contributed by atoms with Crippen molar-refractivity contribution in [1.82, 2.24) is 85.7 Å². The highest BCUT2D eigenvalue weighted by Crippen LogP contribution is 2.09. The van der Waals surface area contributed by atoms with Crippen molar-refractivity contribution in [2.24, 2.45) is 51.4 Å². The molecular formula is C74H172N18. The van der Waals surface area contributed by atoms with E-state index in [1.54, 1.807) is 31.3 Å². The molecule has 16 N–H and O–H groups in total. The Morgan fingerprint density at radius 1 is 0.348 bits per heavy atom. The number of hydrazine groups is 3. The number of allylic oxidation sites excluding steroid dienone is 1. The first-order valence-corrected chi connectivity index (χ1v) is 27.5. The lowest BCUT2D eigenvalue weighted by molar-refractivity contribution is 0.465. The third-order valence-electron chi connectivity index (χ3n) is 5.50. The molecule has 7 rings (SSSR count). The van der Waals surface area contributed by atoms with E-state index in [9.17, 15) is 0 Å². The minimum Gasteiger partial charge on any atom is -0.352 e. The van der Waals surface area contributed by atoms with Crippen molar-refractivity contribution >= 4 is 12.7 Å². The maximum atomic E-state index is 3.78. The topological polar surface area (TPSA) is 217 Å². The van der Waals surface area contributed by atoms with Gasteiger partial charge in [-0.25, -0.2) is 15.4 Å². The van der Waals surface area contributed by atoms with Crippen molar-refractivity contribution in [1.29, 1.82) is 0 Å². The summed E-state index contributed by atoms with van der Waals surface area (Å²) >= 11 is 0. The Bertz CT molecular complexity index is 1680. The van der Waals surface area contributed by atoms with Crippen LogP contribution in [0.2, 0.25) is 0 Å². The summed E-state index contributed by atoms with van der Waals surface area (Å²) < 4.78 is 0. The average Bonchev–Trinajstić information content (AvgIpc) is 4.05. The van der Waals surface area contributed by atoms with Gasteiger partial charge in [0.2, 0.25) is 0 Å². The van der Waals surface area contributed by atoms with Crippen LogP contribution in [0.1, 0.15) is 248 Å². The fraction of sp³-hybridized carbons (Fsp3) is 0.595. The molecule has 3 saturated heterocycles. The molecule has 18 nitrogen and oxygen atoms in total. The molecule has 0 unspecified atom stereocenters. The lowest BCUT2D eigenvalue weighted by Crippen LogP contribution is -2.50. The van der Waals surface area contributed by atoms with Crippen LogP contribution >= 0.6 is 0 Å². The van der Waals surface area contributed by atoms with Crippen molar-refractivity contribution < 1.29 is 0 Å². The predicted octanol–water partition coefficient (Wildman–Crippen LogP) is 20.0. The Balaban J connectivity index is -0.0000000367. The molecule has 92 heavy (non-hydrogen) atoms. The minimum absolute atomic E-state index is 0. The quantitative estimate of drug-likeness (QED) is 0.109. The summed E-state index contributed by atoms with van der Waals surface area (Å²) in [7, 11) is 0. The molecule has 7 aliphatic heterocycles. The van der Waals surface area contributed by atoms with E-state index >= 15 is 0 Å². The summed E-state index contributed by atoms with van der Waals surface area (Å²) in [6.45, 7) is 92.0. The highest BCUT2D eigenvalue weighted by atomic mass is 15.6. The molecule has 0 radical (unpaired) electrons. The Hall–Kier alpha value is -7.18. The zero-order valence-electron chi connectivity index (χ0n) is 54.9. The molecule has 3 fully saturated rings. The van der Waals surface area contributed by atoms with Gasteiger partial charge in [0.1, 0.15) is 23.8 Å². The Kier molecular flexibility index (Phi) is 138. The SMILES string of the molecule is C.C.C.C.C.C.C.C.C.C.C.C.C=C1C=CNC(=C)N1.C=C1CC(=C)NC(=C)N1.C=C1CNNN1.C=C1N=CNC(=C)N1.C=C1N=CNN1.C=C1NC(=C)NC(C)N1.C=C1NC=CN1.CC(C)C.CC(C)C.CC(C)C.CC(C)C.CC(C)C.CC(C)C.CC(C)C. The van der Waals surface area contributed by atoms with Gasteiger partial charge < -0.3 is 63.9 Å². The van der Waals surface area contributed by atoms with Crippen LogP contribution in [0.25, 0.3) is 0 Å². The zero-order chi connectivity index (χ0) is 63.9. The second kappa shape index (κ2) is 92.5. The molecule has 0 aromatic carbocycles. The van der Waals surface area contributed by atoms with Gasteiger partial charge in [0, 0.05) is 47.8 Å². The first-order chi connectivity index (χ1) is 36.7. The maximum Gasteiger partial charge on any atom is 0.138 e. The third-order valence-corrected chi connectivity index (χ3v) is 5.50. The summed E-state index contributed by atoms with van der Waals surface area (Å²) in [5, 5.41) is 31.8. The predicted molar refractivity (Wildman–Crippen MR) is 438 cm³/mol. The summed E-state index contributed by atoms with van der Waals surface area (Å²) in [4.78, 5) is 7.47. The molecule has 7 heterocycles. The monoisotopic (exact) mass is 1310 g/mol. The van der Waals surface area contributed by atoms with E-state index in [4.69, 9.17) is 0 Å². The first kappa shape index (κ1) is 138. The Morgan fingerprint density at radius 3 is 0.837 bits per heavy atom. The summed E-state index contributed by atoms with van der Waals surface area (Å²) in [5.41, 5.74) is 17.3. The van der Waals surface area contributed by atoms with Gasteiger partial charge in [-0.1, -0.05) is 313 Å². The smallest absolute Gasteiger partial charge is 0.138 e. The zero-order valence-corrected chi connectivity index (χ0v) is 54.9. The standard InChI is InChI=1S/C7H10N2.C6H11N3.C6H8N2.C5H7N3.C4H6N2.7C4H10.C3H5N3.C3H7N3.12CH4/c1-5-4-6(2)9-7(3)8-5;1-4-7-5(2)9-6(3)8-4;1-5-3-4-7-6(2)8-5;1-4-6-3-7-5(2)8-4;1-4-5-2-3-6-4;7*1-4(2)3;1-3-4-2-5-6-3;1-3-2-4-6-5-3;;;;;;;;;;;;/h8-9H,1-4H2;6-9H,1-2H2,3H3;3-4,7-8H,1-2H2;3,8H,1-2H2,(H,6,7);2-3,5-6H,1H2;7*4H,1-3H3;2,6H,1H2,(H,4,5);4-6H,1-2H2;12*1H4. The lowest BCUT2D eigenvalue weighted by atomic mass is 10.2. The highest BCUT2D eigenvalue weighted by molar-refractivity contribution is 5.60. The van der Waals surface area contributed by atoms with Crippen LogP contribution in [0.4, 0.5) is 0 Å². The Labute approximate surface area is 580 Å². The molecule has 0 atom stereocenters.